The van der Waals surface area contributed by atoms with Crippen molar-refractivity contribution in [1.82, 2.24) is 5.32 Å². The number of nitrogens with one attached hydrogen (secondary N) is 1. The molecule has 1 unspecified atom stereocenters. The lowest BCUT2D eigenvalue weighted by atomic mass is 10.3. The molecule has 1 nitrogen and oxygen atoms in total. The van der Waals surface area contributed by atoms with Crippen molar-refractivity contribution in [2.45, 2.75) is 19.9 Å². The Balaban J connectivity index is 2.43. The van der Waals surface area contributed by atoms with E-state index in [9.17, 15) is 0 Å². The fourth-order valence-corrected chi connectivity index (χ4v) is 2.07. The van der Waals surface area contributed by atoms with E-state index in [1.54, 1.807) is 5.54 Å². The zero-order valence-corrected chi connectivity index (χ0v) is 9.45. The first-order valence-corrected chi connectivity index (χ1v) is 5.54. The van der Waals surface area contributed by atoms with Crippen LogP contribution in [0.1, 0.15) is 22.7 Å². The minimum absolute atomic E-state index is 0.409. The van der Waals surface area contributed by atoms with E-state index in [0.717, 1.165) is 6.54 Å². The average molecular weight is 216 g/mol. The zero-order valence-electron chi connectivity index (χ0n) is 7.88. The van der Waals surface area contributed by atoms with E-state index in [1.807, 2.05) is 17.4 Å². The van der Waals surface area contributed by atoms with Gasteiger partial charge in [-0.25, -0.2) is 0 Å². The largest absolute Gasteiger partial charge is 0.306 e. The second-order valence-corrected chi connectivity index (χ2v) is 4.51. The van der Waals surface area contributed by atoms with Crippen LogP contribution in [-0.2, 0) is 0 Å². The third-order valence-corrected chi connectivity index (χ3v) is 3.18. The number of aryl methyl sites for hydroxylation is 1. The monoisotopic (exact) mass is 215 g/mol. The molecule has 72 valence electrons. The first kappa shape index (κ1) is 10.8. The highest BCUT2D eigenvalue weighted by Gasteiger charge is 2.04. The number of thiophene rings is 1. The summed E-state index contributed by atoms with van der Waals surface area (Å²) in [4.78, 5) is 2.73. The van der Waals surface area contributed by atoms with E-state index in [4.69, 9.17) is 11.6 Å². The van der Waals surface area contributed by atoms with Gasteiger partial charge in [-0.3, -0.25) is 0 Å². The lowest BCUT2D eigenvalue weighted by Gasteiger charge is -2.09. The molecule has 0 amide bonds. The van der Waals surface area contributed by atoms with Crippen LogP contribution in [0.2, 0.25) is 0 Å². The smallest absolute Gasteiger partial charge is 0.0388 e. The summed E-state index contributed by atoms with van der Waals surface area (Å²) in [6, 6.07) is 4.73. The van der Waals surface area contributed by atoms with Gasteiger partial charge in [-0.05, 0) is 26.0 Å². The van der Waals surface area contributed by atoms with Crippen molar-refractivity contribution >= 4 is 22.9 Å². The Morgan fingerprint density at radius 1 is 1.62 bits per heavy atom. The Bertz CT molecular complexity index is 280. The highest BCUT2D eigenvalue weighted by Crippen LogP contribution is 2.21. The maximum atomic E-state index is 5.42. The molecule has 0 aliphatic heterocycles. The summed E-state index contributed by atoms with van der Waals surface area (Å²) >= 11 is 7.25. The second-order valence-electron chi connectivity index (χ2n) is 2.94. The molecular formula is C10H14ClNS. The summed E-state index contributed by atoms with van der Waals surface area (Å²) in [7, 11) is 0. The minimum atomic E-state index is 0.409. The van der Waals surface area contributed by atoms with E-state index in [1.165, 1.54) is 9.75 Å². The third kappa shape index (κ3) is 3.51. The van der Waals surface area contributed by atoms with Gasteiger partial charge in [0.15, 0.2) is 0 Å². The Morgan fingerprint density at radius 2 is 2.38 bits per heavy atom. The molecule has 1 atom stereocenters. The van der Waals surface area contributed by atoms with E-state index >= 15 is 0 Å². The van der Waals surface area contributed by atoms with Crippen molar-refractivity contribution in [3.05, 3.63) is 33.5 Å². The molecule has 0 aliphatic carbocycles. The highest BCUT2D eigenvalue weighted by atomic mass is 35.5. The van der Waals surface area contributed by atoms with Gasteiger partial charge in [0, 0.05) is 27.9 Å². The van der Waals surface area contributed by atoms with Crippen molar-refractivity contribution in [3.8, 4) is 0 Å². The van der Waals surface area contributed by atoms with Gasteiger partial charge in [-0.15, -0.1) is 11.3 Å². The second kappa shape index (κ2) is 5.43. The highest BCUT2D eigenvalue weighted by molar-refractivity contribution is 7.12. The summed E-state index contributed by atoms with van der Waals surface area (Å²) in [5.74, 6) is 0. The van der Waals surface area contributed by atoms with Crippen LogP contribution in [0.5, 0.6) is 0 Å². The lowest BCUT2D eigenvalue weighted by molar-refractivity contribution is 0.627. The van der Waals surface area contributed by atoms with Crippen LogP contribution in [-0.4, -0.2) is 6.54 Å². The molecule has 0 aliphatic rings. The SMILES string of the molecule is Cc1ccc(C(C)NC/C=C/Cl)s1. The maximum Gasteiger partial charge on any atom is 0.0388 e. The van der Waals surface area contributed by atoms with Crippen molar-refractivity contribution in [3.63, 3.8) is 0 Å². The van der Waals surface area contributed by atoms with Gasteiger partial charge >= 0.3 is 0 Å². The zero-order chi connectivity index (χ0) is 9.68. The first-order chi connectivity index (χ1) is 6.24. The fourth-order valence-electron chi connectivity index (χ4n) is 1.08. The molecule has 1 heterocycles. The maximum absolute atomic E-state index is 5.42. The minimum Gasteiger partial charge on any atom is -0.306 e. The normalized spacial score (nSPS) is 13.8. The van der Waals surface area contributed by atoms with Gasteiger partial charge in [0.25, 0.3) is 0 Å². The lowest BCUT2D eigenvalue weighted by Crippen LogP contribution is -2.17. The van der Waals surface area contributed by atoms with Crippen LogP contribution in [0.3, 0.4) is 0 Å². The molecule has 1 rings (SSSR count). The molecule has 13 heavy (non-hydrogen) atoms. The van der Waals surface area contributed by atoms with Crippen molar-refractivity contribution in [2.24, 2.45) is 0 Å². The summed E-state index contributed by atoms with van der Waals surface area (Å²) in [6.45, 7) is 5.11. The molecule has 0 aromatic carbocycles. The molecule has 0 radical (unpaired) electrons. The van der Waals surface area contributed by atoms with Crippen LogP contribution in [0, 0.1) is 6.92 Å². The van der Waals surface area contributed by atoms with Crippen LogP contribution < -0.4 is 5.32 Å². The topological polar surface area (TPSA) is 12.0 Å². The third-order valence-electron chi connectivity index (χ3n) is 1.82. The van der Waals surface area contributed by atoms with Crippen LogP contribution in [0.25, 0.3) is 0 Å². The Labute approximate surface area is 88.4 Å². The predicted octanol–water partition coefficient (Wildman–Crippen LogP) is 3.46. The molecule has 1 aromatic heterocycles. The summed E-state index contributed by atoms with van der Waals surface area (Å²) in [5, 5.41) is 3.35. The van der Waals surface area contributed by atoms with Gasteiger partial charge in [0.05, 0.1) is 0 Å². The van der Waals surface area contributed by atoms with Gasteiger partial charge in [0.1, 0.15) is 0 Å². The van der Waals surface area contributed by atoms with E-state index in [-0.39, 0.29) is 0 Å². The van der Waals surface area contributed by atoms with E-state index < -0.39 is 0 Å². The van der Waals surface area contributed by atoms with Gasteiger partial charge in [-0.2, -0.15) is 0 Å². The quantitative estimate of drug-likeness (QED) is 0.811. The average Bonchev–Trinajstić information content (AvgIpc) is 2.52. The summed E-state index contributed by atoms with van der Waals surface area (Å²) in [5.41, 5.74) is 1.54. The molecule has 1 aromatic rings. The van der Waals surface area contributed by atoms with E-state index in [2.05, 4.69) is 31.3 Å². The standard InChI is InChI=1S/C10H14ClNS/c1-8-4-5-10(13-8)9(2)12-7-3-6-11/h3-6,9,12H,7H2,1-2H3/b6-3+. The van der Waals surface area contributed by atoms with Gasteiger partial charge in [0.2, 0.25) is 0 Å². The Hall–Kier alpha value is -0.310. The number of hydrogen-bond donors (Lipinski definition) is 1. The number of rotatable bonds is 4. The number of halogens is 1. The predicted molar refractivity (Wildman–Crippen MR) is 60.5 cm³/mol. The molecular weight excluding hydrogens is 202 g/mol. The molecule has 0 saturated carbocycles. The molecule has 0 fully saturated rings. The molecule has 3 heteroatoms. The molecule has 0 bridgehead atoms. The molecule has 1 N–H and O–H groups in total. The first-order valence-electron chi connectivity index (χ1n) is 4.29. The molecule has 0 spiro atoms. The fraction of sp³-hybridized carbons (Fsp3) is 0.400. The number of hydrogen-bond acceptors (Lipinski definition) is 2. The van der Waals surface area contributed by atoms with E-state index in [0.29, 0.717) is 6.04 Å². The van der Waals surface area contributed by atoms with Crippen molar-refractivity contribution < 1.29 is 0 Å². The Kier molecular flexibility index (Phi) is 4.50. The van der Waals surface area contributed by atoms with Crippen molar-refractivity contribution in [2.75, 3.05) is 6.54 Å². The van der Waals surface area contributed by atoms with Crippen LogP contribution >= 0.6 is 22.9 Å². The van der Waals surface area contributed by atoms with Crippen molar-refractivity contribution in [1.29, 1.82) is 0 Å². The van der Waals surface area contributed by atoms with Crippen LogP contribution in [0.15, 0.2) is 23.7 Å². The summed E-state index contributed by atoms with van der Waals surface area (Å²) in [6.07, 6.45) is 1.90. The van der Waals surface area contributed by atoms with Gasteiger partial charge < -0.3 is 5.32 Å². The Morgan fingerprint density at radius 3 is 2.92 bits per heavy atom. The van der Waals surface area contributed by atoms with Crippen LogP contribution in [0.4, 0.5) is 0 Å². The molecule has 0 saturated heterocycles. The summed E-state index contributed by atoms with van der Waals surface area (Å²) < 4.78 is 0. The van der Waals surface area contributed by atoms with Gasteiger partial charge in [-0.1, -0.05) is 17.7 Å².